The summed E-state index contributed by atoms with van der Waals surface area (Å²) in [6, 6.07) is 9.40. The summed E-state index contributed by atoms with van der Waals surface area (Å²) in [4.78, 5) is 25.3. The van der Waals surface area contributed by atoms with Gasteiger partial charge in [0.05, 0.1) is 31.0 Å². The molecule has 1 saturated heterocycles. The van der Waals surface area contributed by atoms with Crippen LogP contribution in [-0.2, 0) is 22.5 Å². The Hall–Kier alpha value is -2.84. The lowest BCUT2D eigenvalue weighted by atomic mass is 10.2. The molecular formula is C20H20N4O3S. The fourth-order valence-electron chi connectivity index (χ4n) is 2.82. The summed E-state index contributed by atoms with van der Waals surface area (Å²) in [5.41, 5.74) is 2.49. The van der Waals surface area contributed by atoms with E-state index >= 15 is 0 Å². The highest BCUT2D eigenvalue weighted by Crippen LogP contribution is 2.21. The second-order valence-corrected chi connectivity index (χ2v) is 7.28. The molecule has 1 amide bonds. The zero-order chi connectivity index (χ0) is 19.2. The van der Waals surface area contributed by atoms with Crippen molar-refractivity contribution in [2.45, 2.75) is 25.5 Å². The Morgan fingerprint density at radius 1 is 1.29 bits per heavy atom. The molecule has 4 heterocycles. The maximum atomic E-state index is 12.3. The minimum atomic E-state index is -0.0821. The summed E-state index contributed by atoms with van der Waals surface area (Å²) in [7, 11) is 0. The number of aromatic nitrogens is 3. The maximum absolute atomic E-state index is 12.3. The highest BCUT2D eigenvalue weighted by Gasteiger charge is 2.17. The summed E-state index contributed by atoms with van der Waals surface area (Å²) < 4.78 is 11.1. The molecule has 3 aromatic heterocycles. The summed E-state index contributed by atoms with van der Waals surface area (Å²) in [6.07, 6.45) is 4.57. The van der Waals surface area contributed by atoms with E-state index < -0.39 is 0 Å². The minimum Gasteiger partial charge on any atom is -0.472 e. The van der Waals surface area contributed by atoms with Crippen LogP contribution in [0.15, 0.2) is 48.1 Å². The fourth-order valence-corrected chi connectivity index (χ4v) is 3.62. The minimum absolute atomic E-state index is 0.0512. The first-order chi connectivity index (χ1) is 13.8. The zero-order valence-corrected chi connectivity index (χ0v) is 16.0. The molecule has 1 unspecified atom stereocenters. The number of carbonyl (C=O) groups excluding carboxylic acids is 1. The molecule has 1 N–H and O–H groups in total. The van der Waals surface area contributed by atoms with E-state index in [1.54, 1.807) is 12.4 Å². The Bertz CT molecular complexity index is 926. The van der Waals surface area contributed by atoms with Gasteiger partial charge in [-0.25, -0.2) is 9.97 Å². The fraction of sp³-hybridized carbons (Fsp3) is 0.300. The first kappa shape index (κ1) is 18.5. The Morgan fingerprint density at radius 2 is 2.25 bits per heavy atom. The van der Waals surface area contributed by atoms with Crippen molar-refractivity contribution in [1.29, 1.82) is 0 Å². The average molecular weight is 396 g/mol. The third-order valence-electron chi connectivity index (χ3n) is 4.24. The van der Waals surface area contributed by atoms with Crippen molar-refractivity contribution < 1.29 is 14.3 Å². The van der Waals surface area contributed by atoms with Gasteiger partial charge < -0.3 is 14.8 Å². The number of nitrogens with zero attached hydrogens (tertiary/aromatic N) is 3. The van der Waals surface area contributed by atoms with E-state index in [1.165, 1.54) is 11.3 Å². The van der Waals surface area contributed by atoms with Crippen LogP contribution in [-0.4, -0.2) is 40.2 Å². The number of carbonyl (C=O) groups is 1. The lowest BCUT2D eigenvalue weighted by Gasteiger charge is -2.11. The van der Waals surface area contributed by atoms with E-state index in [9.17, 15) is 4.79 Å². The van der Waals surface area contributed by atoms with Crippen LogP contribution in [0.25, 0.3) is 10.7 Å². The number of amides is 1. The molecule has 4 rings (SSSR count). The molecule has 7 nitrogen and oxygen atoms in total. The number of thiazole rings is 1. The van der Waals surface area contributed by atoms with E-state index in [1.807, 2.05) is 35.7 Å². The Kier molecular flexibility index (Phi) is 5.89. The lowest BCUT2D eigenvalue weighted by molar-refractivity contribution is -0.120. The molecule has 0 spiro atoms. The van der Waals surface area contributed by atoms with Gasteiger partial charge in [-0.2, -0.15) is 0 Å². The zero-order valence-electron chi connectivity index (χ0n) is 15.2. The van der Waals surface area contributed by atoms with Crippen molar-refractivity contribution in [2.75, 3.05) is 13.2 Å². The number of rotatable bonds is 7. The first-order valence-corrected chi connectivity index (χ1v) is 9.96. The van der Waals surface area contributed by atoms with Crippen LogP contribution in [0.1, 0.15) is 17.7 Å². The molecule has 0 aliphatic carbocycles. The van der Waals surface area contributed by atoms with Crippen molar-refractivity contribution in [3.8, 4) is 16.6 Å². The predicted octanol–water partition coefficient (Wildman–Crippen LogP) is 2.63. The summed E-state index contributed by atoms with van der Waals surface area (Å²) >= 11 is 1.49. The monoisotopic (exact) mass is 396 g/mol. The Labute approximate surface area is 166 Å². The predicted molar refractivity (Wildman–Crippen MR) is 105 cm³/mol. The second kappa shape index (κ2) is 8.90. The van der Waals surface area contributed by atoms with Crippen molar-refractivity contribution in [3.05, 3.63) is 59.4 Å². The summed E-state index contributed by atoms with van der Waals surface area (Å²) in [5, 5.41) is 5.63. The number of pyridine rings is 2. The smallest absolute Gasteiger partial charge is 0.226 e. The third-order valence-corrected chi connectivity index (χ3v) is 5.16. The molecule has 1 aliphatic rings. The van der Waals surface area contributed by atoms with Crippen LogP contribution < -0.4 is 10.1 Å². The molecule has 0 bridgehead atoms. The summed E-state index contributed by atoms with van der Waals surface area (Å²) in [6.45, 7) is 1.73. The van der Waals surface area contributed by atoms with Gasteiger partial charge >= 0.3 is 0 Å². The largest absolute Gasteiger partial charge is 0.472 e. The molecule has 144 valence electrons. The van der Waals surface area contributed by atoms with Gasteiger partial charge in [-0.15, -0.1) is 11.3 Å². The topological polar surface area (TPSA) is 86.2 Å². The normalized spacial score (nSPS) is 16.1. The van der Waals surface area contributed by atoms with Crippen molar-refractivity contribution >= 4 is 17.2 Å². The van der Waals surface area contributed by atoms with Crippen LogP contribution >= 0.6 is 11.3 Å². The van der Waals surface area contributed by atoms with E-state index in [0.717, 1.165) is 35.0 Å². The van der Waals surface area contributed by atoms with Gasteiger partial charge in [-0.05, 0) is 23.8 Å². The van der Waals surface area contributed by atoms with E-state index in [-0.39, 0.29) is 18.4 Å². The number of hydrogen-bond acceptors (Lipinski definition) is 7. The number of nitrogens with one attached hydrogen (secondary N) is 1. The molecule has 1 aliphatic heterocycles. The molecular weight excluding hydrogens is 376 g/mol. The Morgan fingerprint density at radius 3 is 3.07 bits per heavy atom. The Balaban J connectivity index is 1.29. The average Bonchev–Trinajstić information content (AvgIpc) is 3.40. The standard InChI is InChI=1S/C20H20N4O3S/c25-18(10-15-13-28-20(24-15)17-3-1-2-6-21-17)23-11-14-4-7-22-19(9-14)27-16-5-8-26-12-16/h1-4,6-7,9,13,16H,5,8,10-12H2,(H,23,25). The number of hydrogen-bond donors (Lipinski definition) is 1. The van der Waals surface area contributed by atoms with Crippen LogP contribution in [0.5, 0.6) is 5.88 Å². The maximum Gasteiger partial charge on any atom is 0.226 e. The molecule has 1 fully saturated rings. The SMILES string of the molecule is O=C(Cc1csc(-c2ccccn2)n1)NCc1ccnc(OC2CCOC2)c1. The number of ether oxygens (including phenoxy) is 2. The highest BCUT2D eigenvalue weighted by atomic mass is 32.1. The van der Waals surface area contributed by atoms with Gasteiger partial charge in [0.1, 0.15) is 11.1 Å². The molecule has 3 aromatic rings. The van der Waals surface area contributed by atoms with E-state index in [0.29, 0.717) is 19.0 Å². The lowest BCUT2D eigenvalue weighted by Crippen LogP contribution is -2.24. The second-order valence-electron chi connectivity index (χ2n) is 6.42. The van der Waals surface area contributed by atoms with Crippen molar-refractivity contribution in [3.63, 3.8) is 0 Å². The first-order valence-electron chi connectivity index (χ1n) is 9.08. The van der Waals surface area contributed by atoms with Crippen molar-refractivity contribution in [1.82, 2.24) is 20.3 Å². The van der Waals surface area contributed by atoms with Gasteiger partial charge in [0.25, 0.3) is 0 Å². The van der Waals surface area contributed by atoms with Crippen LogP contribution in [0.4, 0.5) is 0 Å². The molecule has 0 saturated carbocycles. The van der Waals surface area contributed by atoms with Gasteiger partial charge in [-0.3, -0.25) is 9.78 Å². The molecule has 0 radical (unpaired) electrons. The molecule has 1 atom stereocenters. The summed E-state index contributed by atoms with van der Waals surface area (Å²) in [5.74, 6) is 0.475. The molecule has 28 heavy (non-hydrogen) atoms. The molecule has 0 aromatic carbocycles. The van der Waals surface area contributed by atoms with Crippen LogP contribution in [0.3, 0.4) is 0 Å². The quantitative estimate of drug-likeness (QED) is 0.661. The highest BCUT2D eigenvalue weighted by molar-refractivity contribution is 7.13. The van der Waals surface area contributed by atoms with Crippen LogP contribution in [0.2, 0.25) is 0 Å². The van der Waals surface area contributed by atoms with Gasteiger partial charge in [0.15, 0.2) is 0 Å². The third kappa shape index (κ3) is 4.90. The molecule has 8 heteroatoms. The van der Waals surface area contributed by atoms with Crippen LogP contribution in [0, 0.1) is 0 Å². The van der Waals surface area contributed by atoms with E-state index in [2.05, 4.69) is 20.3 Å². The van der Waals surface area contributed by atoms with Gasteiger partial charge in [0.2, 0.25) is 11.8 Å². The van der Waals surface area contributed by atoms with Gasteiger partial charge in [-0.1, -0.05) is 6.07 Å². The van der Waals surface area contributed by atoms with E-state index in [4.69, 9.17) is 9.47 Å². The van der Waals surface area contributed by atoms with Crippen molar-refractivity contribution in [2.24, 2.45) is 0 Å². The van der Waals surface area contributed by atoms with Gasteiger partial charge in [0, 0.05) is 36.8 Å².